The van der Waals surface area contributed by atoms with Gasteiger partial charge in [0, 0.05) is 6.42 Å². The minimum Gasteiger partial charge on any atom is -0.462 e. The Morgan fingerprint density at radius 3 is 2.47 bits per heavy atom. The van der Waals surface area contributed by atoms with E-state index in [1.807, 2.05) is 30.3 Å². The molecule has 0 amide bonds. The Balaban J connectivity index is 2.10. The van der Waals surface area contributed by atoms with E-state index in [1.54, 1.807) is 0 Å². The first-order valence-corrected chi connectivity index (χ1v) is 6.59. The predicted molar refractivity (Wildman–Crippen MR) is 74.1 cm³/mol. The fourth-order valence-corrected chi connectivity index (χ4v) is 1.76. The van der Waals surface area contributed by atoms with Gasteiger partial charge in [-0.05, 0) is 24.5 Å². The lowest BCUT2D eigenvalue weighted by atomic mass is 10.0. The fraction of sp³-hybridized carbons (Fsp3) is 0.500. The van der Waals surface area contributed by atoms with E-state index in [-0.39, 0.29) is 0 Å². The van der Waals surface area contributed by atoms with E-state index in [9.17, 15) is 0 Å². The predicted octanol–water partition coefficient (Wildman–Crippen LogP) is 5.19. The Morgan fingerprint density at radius 2 is 1.82 bits per heavy atom. The molecule has 0 saturated heterocycles. The second kappa shape index (κ2) is 7.94. The molecule has 0 N–H and O–H groups in total. The van der Waals surface area contributed by atoms with E-state index in [2.05, 4.69) is 20.4 Å². The molecular weight excluding hydrogens is 208 g/mol. The number of rotatable bonds is 8. The average molecular weight is 232 g/mol. The molecule has 0 atom stereocenters. The van der Waals surface area contributed by atoms with Gasteiger partial charge in [-0.1, -0.05) is 57.9 Å². The molecule has 0 spiro atoms. The second-order valence-electron chi connectivity index (χ2n) is 4.95. The van der Waals surface area contributed by atoms with Gasteiger partial charge in [-0.2, -0.15) is 0 Å². The molecule has 0 unspecified atom stereocenters. The lowest BCUT2D eigenvalue weighted by Crippen LogP contribution is -1.94. The van der Waals surface area contributed by atoms with Crippen LogP contribution in [-0.4, -0.2) is 0 Å². The normalized spacial score (nSPS) is 10.5. The van der Waals surface area contributed by atoms with Crippen LogP contribution >= 0.6 is 0 Å². The zero-order valence-electron chi connectivity index (χ0n) is 11.1. The third kappa shape index (κ3) is 6.83. The average Bonchev–Trinajstić information content (AvgIpc) is 2.29. The van der Waals surface area contributed by atoms with E-state index in [1.165, 1.54) is 25.7 Å². The maximum absolute atomic E-state index is 5.65. The monoisotopic (exact) mass is 232 g/mol. The number of unbranched alkanes of at least 4 members (excludes halogenated alkanes) is 2. The van der Waals surface area contributed by atoms with Gasteiger partial charge in [0.1, 0.15) is 5.75 Å². The van der Waals surface area contributed by atoms with Crippen molar-refractivity contribution >= 4 is 0 Å². The van der Waals surface area contributed by atoms with Gasteiger partial charge < -0.3 is 4.74 Å². The first-order valence-electron chi connectivity index (χ1n) is 6.59. The fourth-order valence-electron chi connectivity index (χ4n) is 1.76. The van der Waals surface area contributed by atoms with Crippen LogP contribution in [0, 0.1) is 5.92 Å². The molecular formula is C16H24O. The highest BCUT2D eigenvalue weighted by atomic mass is 16.5. The van der Waals surface area contributed by atoms with Crippen molar-refractivity contribution in [3.8, 4) is 5.75 Å². The van der Waals surface area contributed by atoms with Crippen molar-refractivity contribution in [2.24, 2.45) is 5.92 Å². The maximum Gasteiger partial charge on any atom is 0.126 e. The molecule has 0 aliphatic carbocycles. The van der Waals surface area contributed by atoms with Gasteiger partial charge in [0.15, 0.2) is 0 Å². The van der Waals surface area contributed by atoms with Gasteiger partial charge in [-0.25, -0.2) is 0 Å². The molecule has 1 aromatic carbocycles. The Kier molecular flexibility index (Phi) is 6.46. The van der Waals surface area contributed by atoms with E-state index >= 15 is 0 Å². The molecule has 0 aliphatic heterocycles. The number of allylic oxidation sites excluding steroid dienone is 1. The first kappa shape index (κ1) is 13.8. The molecule has 0 aromatic heterocycles. The van der Waals surface area contributed by atoms with Crippen molar-refractivity contribution in [3.05, 3.63) is 42.7 Å². The Bertz CT molecular complexity index is 314. The highest BCUT2D eigenvalue weighted by Gasteiger charge is 1.99. The zero-order valence-corrected chi connectivity index (χ0v) is 11.1. The molecule has 17 heavy (non-hydrogen) atoms. The zero-order chi connectivity index (χ0) is 12.5. The number of para-hydroxylation sites is 1. The molecule has 1 heteroatoms. The lowest BCUT2D eigenvalue weighted by molar-refractivity contribution is 0.396. The van der Waals surface area contributed by atoms with Crippen LogP contribution < -0.4 is 4.74 Å². The molecule has 1 rings (SSSR count). The van der Waals surface area contributed by atoms with Crippen molar-refractivity contribution in [1.29, 1.82) is 0 Å². The second-order valence-corrected chi connectivity index (χ2v) is 4.95. The number of hydrogen-bond donors (Lipinski definition) is 0. The van der Waals surface area contributed by atoms with Crippen molar-refractivity contribution < 1.29 is 4.74 Å². The van der Waals surface area contributed by atoms with Crippen molar-refractivity contribution in [2.45, 2.75) is 46.0 Å². The Labute approximate surface area is 106 Å². The van der Waals surface area contributed by atoms with Crippen molar-refractivity contribution in [1.82, 2.24) is 0 Å². The van der Waals surface area contributed by atoms with Crippen LogP contribution in [0.15, 0.2) is 42.7 Å². The lowest BCUT2D eigenvalue weighted by Gasteiger charge is -2.08. The summed E-state index contributed by atoms with van der Waals surface area (Å²) in [7, 11) is 0. The van der Waals surface area contributed by atoms with E-state index < -0.39 is 0 Å². The van der Waals surface area contributed by atoms with Gasteiger partial charge in [-0.15, -0.1) is 0 Å². The smallest absolute Gasteiger partial charge is 0.126 e. The minimum atomic E-state index is 0.818. The van der Waals surface area contributed by atoms with Gasteiger partial charge in [-0.3, -0.25) is 0 Å². The summed E-state index contributed by atoms with van der Waals surface area (Å²) < 4.78 is 5.65. The van der Waals surface area contributed by atoms with Crippen LogP contribution in [0.5, 0.6) is 5.75 Å². The summed E-state index contributed by atoms with van der Waals surface area (Å²) in [6.07, 6.45) is 6.06. The molecule has 0 aliphatic rings. The first-order chi connectivity index (χ1) is 8.18. The van der Waals surface area contributed by atoms with Gasteiger partial charge in [0.25, 0.3) is 0 Å². The van der Waals surface area contributed by atoms with Crippen molar-refractivity contribution in [3.63, 3.8) is 0 Å². The SMILES string of the molecule is C=C(CCCCCC(C)C)Oc1ccccc1. The summed E-state index contributed by atoms with van der Waals surface area (Å²) in [5.74, 6) is 2.58. The molecule has 0 saturated carbocycles. The van der Waals surface area contributed by atoms with Crippen LogP contribution in [0.25, 0.3) is 0 Å². The minimum absolute atomic E-state index is 0.818. The van der Waals surface area contributed by atoms with Crippen LogP contribution in [0.2, 0.25) is 0 Å². The summed E-state index contributed by atoms with van der Waals surface area (Å²) in [6.45, 7) is 8.51. The topological polar surface area (TPSA) is 9.23 Å². The number of hydrogen-bond acceptors (Lipinski definition) is 1. The summed E-state index contributed by atoms with van der Waals surface area (Å²) in [5.41, 5.74) is 0. The number of ether oxygens (including phenoxy) is 1. The number of benzene rings is 1. The maximum atomic E-state index is 5.65. The molecule has 94 valence electrons. The Hall–Kier alpha value is -1.24. The highest BCUT2D eigenvalue weighted by molar-refractivity contribution is 5.22. The summed E-state index contributed by atoms with van der Waals surface area (Å²) in [4.78, 5) is 0. The summed E-state index contributed by atoms with van der Waals surface area (Å²) >= 11 is 0. The van der Waals surface area contributed by atoms with Gasteiger partial charge in [0.2, 0.25) is 0 Å². The van der Waals surface area contributed by atoms with E-state index in [4.69, 9.17) is 4.74 Å². The highest BCUT2D eigenvalue weighted by Crippen LogP contribution is 2.16. The van der Waals surface area contributed by atoms with Crippen molar-refractivity contribution in [2.75, 3.05) is 0 Å². The van der Waals surface area contributed by atoms with E-state index in [0.717, 1.165) is 23.8 Å². The summed E-state index contributed by atoms with van der Waals surface area (Å²) in [6, 6.07) is 9.87. The van der Waals surface area contributed by atoms with Crippen LogP contribution in [-0.2, 0) is 0 Å². The quantitative estimate of drug-likeness (QED) is 0.443. The van der Waals surface area contributed by atoms with Gasteiger partial charge in [0.05, 0.1) is 5.76 Å². The summed E-state index contributed by atoms with van der Waals surface area (Å²) in [5, 5.41) is 0. The van der Waals surface area contributed by atoms with Crippen LogP contribution in [0.3, 0.4) is 0 Å². The molecule has 1 aromatic rings. The Morgan fingerprint density at radius 1 is 1.12 bits per heavy atom. The van der Waals surface area contributed by atoms with Crippen LogP contribution in [0.1, 0.15) is 46.0 Å². The standard InChI is InChI=1S/C16H24O/c1-14(2)10-6-4-7-11-15(3)17-16-12-8-5-9-13-16/h5,8-9,12-14H,3-4,6-7,10-11H2,1-2H3. The molecule has 0 bridgehead atoms. The third-order valence-corrected chi connectivity index (χ3v) is 2.74. The third-order valence-electron chi connectivity index (χ3n) is 2.74. The molecule has 0 radical (unpaired) electrons. The van der Waals surface area contributed by atoms with E-state index in [0.29, 0.717) is 0 Å². The molecule has 0 heterocycles. The van der Waals surface area contributed by atoms with Crippen LogP contribution in [0.4, 0.5) is 0 Å². The van der Waals surface area contributed by atoms with Gasteiger partial charge >= 0.3 is 0 Å². The largest absolute Gasteiger partial charge is 0.462 e. The molecule has 1 nitrogen and oxygen atoms in total. The molecule has 0 fully saturated rings.